The van der Waals surface area contributed by atoms with Gasteiger partial charge in [0.15, 0.2) is 10.6 Å². The molecule has 23 heavy (non-hydrogen) atoms. The number of carbonyl (C=O) groups excluding carboxylic acids is 2. The molecule has 0 aliphatic heterocycles. The van der Waals surface area contributed by atoms with Crippen molar-refractivity contribution in [1.82, 2.24) is 25.4 Å². The summed E-state index contributed by atoms with van der Waals surface area (Å²) in [7, 11) is 1.78. The van der Waals surface area contributed by atoms with Gasteiger partial charge in [0.05, 0.1) is 6.54 Å². The summed E-state index contributed by atoms with van der Waals surface area (Å²) >= 11 is 5.02. The van der Waals surface area contributed by atoms with Crippen LogP contribution < -0.4 is 10.6 Å². The number of aromatic amines is 1. The van der Waals surface area contributed by atoms with E-state index in [0.717, 1.165) is 12.8 Å². The molecule has 0 saturated heterocycles. The van der Waals surface area contributed by atoms with Crippen LogP contribution in [0.3, 0.4) is 0 Å². The molecule has 0 radical (unpaired) electrons. The van der Waals surface area contributed by atoms with Crippen molar-refractivity contribution in [2.75, 3.05) is 0 Å². The van der Waals surface area contributed by atoms with Crippen LogP contribution in [0.15, 0.2) is 0 Å². The van der Waals surface area contributed by atoms with Gasteiger partial charge in [-0.05, 0) is 37.9 Å². The van der Waals surface area contributed by atoms with Crippen molar-refractivity contribution in [3.05, 3.63) is 10.6 Å². The number of rotatable bonds is 6. The summed E-state index contributed by atoms with van der Waals surface area (Å²) in [5.41, 5.74) is 0. The Morgan fingerprint density at radius 1 is 1.39 bits per heavy atom. The van der Waals surface area contributed by atoms with Crippen molar-refractivity contribution >= 4 is 24.0 Å². The first-order valence-electron chi connectivity index (χ1n) is 8.14. The van der Waals surface area contributed by atoms with Crippen molar-refractivity contribution < 1.29 is 9.59 Å². The number of hydrogen-bond acceptors (Lipinski definition) is 4. The van der Waals surface area contributed by atoms with Gasteiger partial charge in [0.2, 0.25) is 11.8 Å². The number of H-pyrrole nitrogens is 1. The van der Waals surface area contributed by atoms with E-state index in [-0.39, 0.29) is 18.4 Å². The van der Waals surface area contributed by atoms with Gasteiger partial charge in [0.25, 0.3) is 0 Å². The Morgan fingerprint density at radius 2 is 2.09 bits per heavy atom. The van der Waals surface area contributed by atoms with E-state index in [1.54, 1.807) is 18.5 Å². The van der Waals surface area contributed by atoms with E-state index in [2.05, 4.69) is 20.8 Å². The smallest absolute Gasteiger partial charge is 0.242 e. The average Bonchev–Trinajstić information content (AvgIpc) is 2.85. The van der Waals surface area contributed by atoms with Gasteiger partial charge in [-0.2, -0.15) is 5.10 Å². The molecule has 0 spiro atoms. The predicted molar refractivity (Wildman–Crippen MR) is 89.0 cm³/mol. The summed E-state index contributed by atoms with van der Waals surface area (Å²) in [6.45, 7) is 1.96. The third-order valence-electron chi connectivity index (χ3n) is 4.36. The van der Waals surface area contributed by atoms with E-state index in [9.17, 15) is 9.59 Å². The molecular weight excluding hydrogens is 314 g/mol. The highest BCUT2D eigenvalue weighted by Crippen LogP contribution is 2.26. The number of carbonyl (C=O) groups is 2. The fourth-order valence-electron chi connectivity index (χ4n) is 2.88. The summed E-state index contributed by atoms with van der Waals surface area (Å²) in [5.74, 6) is 0.838. The van der Waals surface area contributed by atoms with E-state index in [4.69, 9.17) is 12.2 Å². The summed E-state index contributed by atoms with van der Waals surface area (Å²) in [5, 5.41) is 12.2. The minimum atomic E-state index is -0.557. The summed E-state index contributed by atoms with van der Waals surface area (Å²) in [6, 6.07) is -0.557. The van der Waals surface area contributed by atoms with E-state index in [1.807, 2.05) is 0 Å². The van der Waals surface area contributed by atoms with Gasteiger partial charge in [-0.3, -0.25) is 14.7 Å². The highest BCUT2D eigenvalue weighted by molar-refractivity contribution is 7.71. The second kappa shape index (κ2) is 8.24. The SMILES string of the molecule is CC(NC(=O)CC1CCCCC1)C(=O)NCc1n[nH]c(=S)n1C. The second-order valence-electron chi connectivity index (χ2n) is 6.22. The fraction of sp³-hybridized carbons (Fsp3) is 0.733. The second-order valence-corrected chi connectivity index (χ2v) is 6.61. The van der Waals surface area contributed by atoms with Gasteiger partial charge in [0.1, 0.15) is 6.04 Å². The van der Waals surface area contributed by atoms with E-state index in [1.165, 1.54) is 19.3 Å². The van der Waals surface area contributed by atoms with Crippen LogP contribution in [0, 0.1) is 10.7 Å². The van der Waals surface area contributed by atoms with Crippen LogP contribution in [0.2, 0.25) is 0 Å². The first-order valence-corrected chi connectivity index (χ1v) is 8.55. The topological polar surface area (TPSA) is 91.8 Å². The van der Waals surface area contributed by atoms with Crippen molar-refractivity contribution in [3.63, 3.8) is 0 Å². The van der Waals surface area contributed by atoms with Crippen molar-refractivity contribution in [3.8, 4) is 0 Å². The van der Waals surface area contributed by atoms with Crippen LogP contribution in [-0.4, -0.2) is 32.6 Å². The Labute approximate surface area is 141 Å². The molecule has 1 aromatic rings. The van der Waals surface area contributed by atoms with Gasteiger partial charge in [-0.1, -0.05) is 19.3 Å². The maximum atomic E-state index is 12.1. The average molecular weight is 339 g/mol. The van der Waals surface area contributed by atoms with E-state index in [0.29, 0.717) is 22.9 Å². The molecule has 1 atom stereocenters. The number of aromatic nitrogens is 3. The maximum Gasteiger partial charge on any atom is 0.242 e. The van der Waals surface area contributed by atoms with Crippen LogP contribution >= 0.6 is 12.2 Å². The fourth-order valence-corrected chi connectivity index (χ4v) is 3.03. The molecule has 1 heterocycles. The quantitative estimate of drug-likeness (QED) is 0.686. The summed E-state index contributed by atoms with van der Waals surface area (Å²) in [4.78, 5) is 24.1. The molecule has 0 aromatic carbocycles. The summed E-state index contributed by atoms with van der Waals surface area (Å²) in [6.07, 6.45) is 6.44. The monoisotopic (exact) mass is 339 g/mol. The molecule has 2 amide bonds. The van der Waals surface area contributed by atoms with Gasteiger partial charge >= 0.3 is 0 Å². The number of amides is 2. The van der Waals surface area contributed by atoms with Crippen molar-refractivity contribution in [2.24, 2.45) is 13.0 Å². The Morgan fingerprint density at radius 3 is 2.70 bits per heavy atom. The Bertz CT molecular complexity index is 603. The number of nitrogens with zero attached hydrogens (tertiary/aromatic N) is 2. The molecule has 0 bridgehead atoms. The molecule has 1 aliphatic rings. The predicted octanol–water partition coefficient (Wildman–Crippen LogP) is 1.57. The zero-order valence-corrected chi connectivity index (χ0v) is 14.5. The lowest BCUT2D eigenvalue weighted by Crippen LogP contribution is -2.45. The van der Waals surface area contributed by atoms with Gasteiger partial charge in [0, 0.05) is 13.5 Å². The van der Waals surface area contributed by atoms with Crippen LogP contribution in [0.25, 0.3) is 0 Å². The first kappa shape index (κ1) is 17.7. The molecule has 1 fully saturated rings. The molecule has 7 nitrogen and oxygen atoms in total. The standard InChI is InChI=1S/C15H25N5O2S/c1-10(17-13(21)8-11-6-4-3-5-7-11)14(22)16-9-12-18-19-15(23)20(12)2/h10-11H,3-9H2,1-2H3,(H,16,22)(H,17,21)(H,19,23). The molecular formula is C15H25N5O2S. The van der Waals surface area contributed by atoms with Crippen LogP contribution in [0.4, 0.5) is 0 Å². The van der Waals surface area contributed by atoms with Crippen molar-refractivity contribution in [2.45, 2.75) is 58.0 Å². The van der Waals surface area contributed by atoms with Crippen LogP contribution in [0.5, 0.6) is 0 Å². The van der Waals surface area contributed by atoms with Crippen LogP contribution in [-0.2, 0) is 23.2 Å². The first-order chi connectivity index (χ1) is 11.0. The van der Waals surface area contributed by atoms with Crippen LogP contribution in [0.1, 0.15) is 51.3 Å². The lowest BCUT2D eigenvalue weighted by atomic mass is 9.87. The number of nitrogens with one attached hydrogen (secondary N) is 3. The Hall–Kier alpha value is -1.70. The summed E-state index contributed by atoms with van der Waals surface area (Å²) < 4.78 is 2.20. The lowest BCUT2D eigenvalue weighted by molar-refractivity contribution is -0.129. The van der Waals surface area contributed by atoms with E-state index < -0.39 is 6.04 Å². The molecule has 3 N–H and O–H groups in total. The molecule has 128 valence electrons. The zero-order valence-electron chi connectivity index (χ0n) is 13.7. The Balaban J connectivity index is 1.74. The molecule has 1 aromatic heterocycles. The normalized spacial score (nSPS) is 16.8. The highest BCUT2D eigenvalue weighted by atomic mass is 32.1. The molecule has 1 aliphatic carbocycles. The zero-order chi connectivity index (χ0) is 16.8. The maximum absolute atomic E-state index is 12.1. The van der Waals surface area contributed by atoms with Gasteiger partial charge in [-0.15, -0.1) is 0 Å². The van der Waals surface area contributed by atoms with Crippen molar-refractivity contribution in [1.29, 1.82) is 0 Å². The minimum Gasteiger partial charge on any atom is -0.347 e. The molecule has 1 saturated carbocycles. The van der Waals surface area contributed by atoms with Gasteiger partial charge < -0.3 is 15.2 Å². The Kier molecular flexibility index (Phi) is 6.32. The highest BCUT2D eigenvalue weighted by Gasteiger charge is 2.20. The van der Waals surface area contributed by atoms with Gasteiger partial charge in [-0.25, -0.2) is 0 Å². The third-order valence-corrected chi connectivity index (χ3v) is 4.73. The lowest BCUT2D eigenvalue weighted by Gasteiger charge is -2.22. The largest absolute Gasteiger partial charge is 0.347 e. The molecule has 1 unspecified atom stereocenters. The number of hydrogen-bond donors (Lipinski definition) is 3. The minimum absolute atomic E-state index is 0.0438. The van der Waals surface area contributed by atoms with E-state index >= 15 is 0 Å². The third kappa shape index (κ3) is 5.16. The molecule has 8 heteroatoms. The molecule has 2 rings (SSSR count).